The molecule has 0 saturated carbocycles. The summed E-state index contributed by atoms with van der Waals surface area (Å²) < 4.78 is 0. The smallest absolute Gasteiger partial charge is 0.0446 e. The van der Waals surface area contributed by atoms with Crippen molar-refractivity contribution < 1.29 is 0 Å². The zero-order chi connectivity index (χ0) is 8.85. The van der Waals surface area contributed by atoms with Crippen molar-refractivity contribution in [3.8, 4) is 0 Å². The summed E-state index contributed by atoms with van der Waals surface area (Å²) in [5, 5.41) is 3.05. The van der Waals surface area contributed by atoms with E-state index in [-0.39, 0.29) is 0 Å². The fourth-order valence-corrected chi connectivity index (χ4v) is 0.830. The summed E-state index contributed by atoms with van der Waals surface area (Å²) in [4.78, 5) is 4.37. The molecule has 0 amide bonds. The van der Waals surface area contributed by atoms with Crippen LogP contribution in [0.3, 0.4) is 0 Å². The molecule has 0 heterocycles. The molecule has 0 radical (unpaired) electrons. The summed E-state index contributed by atoms with van der Waals surface area (Å²) in [6, 6.07) is 0.385. The third-order valence-corrected chi connectivity index (χ3v) is 1.28. The van der Waals surface area contributed by atoms with Crippen molar-refractivity contribution in [1.82, 2.24) is 5.32 Å². The average molecular weight is 154 g/mol. The Morgan fingerprint density at radius 3 is 2.27 bits per heavy atom. The van der Waals surface area contributed by atoms with Gasteiger partial charge in [0.2, 0.25) is 0 Å². The molecule has 0 rings (SSSR count). The first kappa shape index (κ1) is 10.2. The fraction of sp³-hybridized carbons (Fsp3) is 0.667. The molecule has 0 aromatic rings. The second-order valence-electron chi connectivity index (χ2n) is 2.94. The number of hydrogen-bond acceptors (Lipinski definition) is 2. The van der Waals surface area contributed by atoms with Crippen molar-refractivity contribution in [3.63, 3.8) is 0 Å². The molecule has 0 aromatic carbocycles. The fourth-order valence-electron chi connectivity index (χ4n) is 0.830. The quantitative estimate of drug-likeness (QED) is 0.618. The van der Waals surface area contributed by atoms with Crippen molar-refractivity contribution in [2.45, 2.75) is 33.7 Å². The lowest BCUT2D eigenvalue weighted by Crippen LogP contribution is -2.04. The van der Waals surface area contributed by atoms with Crippen LogP contribution in [0.15, 0.2) is 16.8 Å². The van der Waals surface area contributed by atoms with Gasteiger partial charge in [-0.3, -0.25) is 4.99 Å². The van der Waals surface area contributed by atoms with Gasteiger partial charge in [-0.25, -0.2) is 0 Å². The lowest BCUT2D eigenvalue weighted by molar-refractivity contribution is 0.835. The predicted octanol–water partition coefficient (Wildman–Crippen LogP) is 1.98. The maximum Gasteiger partial charge on any atom is 0.0446 e. The van der Waals surface area contributed by atoms with Crippen molar-refractivity contribution in [1.29, 1.82) is 0 Å². The monoisotopic (exact) mass is 154 g/mol. The Morgan fingerprint density at radius 2 is 1.91 bits per heavy atom. The first-order valence-corrected chi connectivity index (χ1v) is 3.96. The van der Waals surface area contributed by atoms with E-state index >= 15 is 0 Å². The Hall–Kier alpha value is -0.790. The number of hydrogen-bond donors (Lipinski definition) is 1. The van der Waals surface area contributed by atoms with Crippen molar-refractivity contribution in [2.75, 3.05) is 7.05 Å². The van der Waals surface area contributed by atoms with Gasteiger partial charge >= 0.3 is 0 Å². The minimum Gasteiger partial charge on any atom is -0.392 e. The van der Waals surface area contributed by atoms with Gasteiger partial charge in [0.15, 0.2) is 0 Å². The molecule has 64 valence electrons. The highest BCUT2D eigenvalue weighted by atomic mass is 14.8. The highest BCUT2D eigenvalue weighted by Gasteiger charge is 1.89. The van der Waals surface area contributed by atoms with E-state index in [0.717, 1.165) is 11.4 Å². The molecular formula is C9H18N2. The van der Waals surface area contributed by atoms with E-state index in [2.05, 4.69) is 24.2 Å². The number of rotatable bonds is 3. The maximum absolute atomic E-state index is 4.37. The molecule has 0 fully saturated rings. The highest BCUT2D eigenvalue weighted by molar-refractivity contribution is 5.93. The number of aliphatic imine (C=N–C) groups is 1. The first-order chi connectivity index (χ1) is 5.06. The van der Waals surface area contributed by atoms with Crippen LogP contribution >= 0.6 is 0 Å². The van der Waals surface area contributed by atoms with Gasteiger partial charge in [0.25, 0.3) is 0 Å². The van der Waals surface area contributed by atoms with Gasteiger partial charge < -0.3 is 5.32 Å². The summed E-state index contributed by atoms with van der Waals surface area (Å²) in [6.45, 7) is 8.19. The molecule has 2 heteroatoms. The van der Waals surface area contributed by atoms with Gasteiger partial charge in [-0.2, -0.15) is 0 Å². The van der Waals surface area contributed by atoms with Crippen LogP contribution in [0.4, 0.5) is 0 Å². The van der Waals surface area contributed by atoms with Crippen molar-refractivity contribution in [2.24, 2.45) is 4.99 Å². The third-order valence-electron chi connectivity index (χ3n) is 1.28. The molecular weight excluding hydrogens is 136 g/mol. The van der Waals surface area contributed by atoms with Crippen LogP contribution in [0.5, 0.6) is 0 Å². The number of nitrogens with zero attached hydrogens (tertiary/aromatic N) is 1. The van der Waals surface area contributed by atoms with Crippen molar-refractivity contribution >= 4 is 5.71 Å². The van der Waals surface area contributed by atoms with E-state index in [9.17, 15) is 0 Å². The van der Waals surface area contributed by atoms with E-state index in [1.165, 1.54) is 0 Å². The Labute approximate surface area is 69.4 Å². The van der Waals surface area contributed by atoms with Gasteiger partial charge in [-0.15, -0.1) is 0 Å². The van der Waals surface area contributed by atoms with Crippen LogP contribution in [0.1, 0.15) is 27.7 Å². The molecule has 0 aliphatic carbocycles. The Morgan fingerprint density at radius 1 is 1.36 bits per heavy atom. The molecule has 2 nitrogen and oxygen atoms in total. The second-order valence-corrected chi connectivity index (χ2v) is 2.94. The average Bonchev–Trinajstić information content (AvgIpc) is 1.85. The molecule has 11 heavy (non-hydrogen) atoms. The Balaban J connectivity index is 4.15. The van der Waals surface area contributed by atoms with Crippen LogP contribution in [-0.2, 0) is 0 Å². The number of nitrogens with one attached hydrogen (secondary N) is 1. The van der Waals surface area contributed by atoms with Crippen LogP contribution < -0.4 is 5.32 Å². The third kappa shape index (κ3) is 5.64. The topological polar surface area (TPSA) is 24.4 Å². The molecule has 0 aliphatic rings. The molecule has 0 bridgehead atoms. The van der Waals surface area contributed by atoms with Gasteiger partial charge in [0, 0.05) is 24.5 Å². The largest absolute Gasteiger partial charge is 0.392 e. The highest BCUT2D eigenvalue weighted by Crippen LogP contribution is 1.92. The van der Waals surface area contributed by atoms with Gasteiger partial charge in [-0.05, 0) is 33.8 Å². The molecule has 0 spiro atoms. The van der Waals surface area contributed by atoms with Crippen LogP contribution in [0.25, 0.3) is 0 Å². The molecule has 0 unspecified atom stereocenters. The lowest BCUT2D eigenvalue weighted by atomic mass is 10.3. The summed E-state index contributed by atoms with van der Waals surface area (Å²) >= 11 is 0. The minimum atomic E-state index is 0.385. The van der Waals surface area contributed by atoms with Crippen molar-refractivity contribution in [3.05, 3.63) is 11.8 Å². The number of allylic oxidation sites excluding steroid dienone is 2. The molecule has 0 atom stereocenters. The van der Waals surface area contributed by atoms with E-state index in [1.807, 2.05) is 27.0 Å². The van der Waals surface area contributed by atoms with Crippen LogP contribution in [-0.4, -0.2) is 18.8 Å². The standard InChI is InChI=1S/C9H18N2/c1-7(2)11-9(4)6-8(3)10-5/h6-7,10H,1-5H3/b8-6-,11-9+. The Bertz CT molecular complexity index is 166. The summed E-state index contributed by atoms with van der Waals surface area (Å²) in [6.07, 6.45) is 2.04. The maximum atomic E-state index is 4.37. The summed E-state index contributed by atoms with van der Waals surface area (Å²) in [5.74, 6) is 0. The van der Waals surface area contributed by atoms with E-state index in [1.54, 1.807) is 0 Å². The molecule has 0 aromatic heterocycles. The summed E-state index contributed by atoms with van der Waals surface area (Å²) in [7, 11) is 1.91. The van der Waals surface area contributed by atoms with E-state index in [0.29, 0.717) is 6.04 Å². The SMILES string of the molecule is CN/C(C)=C\C(C)=N\C(C)C. The zero-order valence-electron chi connectivity index (χ0n) is 8.10. The Kier molecular flexibility index (Phi) is 4.59. The van der Waals surface area contributed by atoms with Gasteiger partial charge in [0.05, 0.1) is 0 Å². The normalized spacial score (nSPS) is 14.0. The predicted molar refractivity (Wildman–Crippen MR) is 51.1 cm³/mol. The molecule has 1 N–H and O–H groups in total. The summed E-state index contributed by atoms with van der Waals surface area (Å²) in [5.41, 5.74) is 2.22. The van der Waals surface area contributed by atoms with Crippen LogP contribution in [0.2, 0.25) is 0 Å². The second kappa shape index (κ2) is 4.94. The zero-order valence-corrected chi connectivity index (χ0v) is 8.10. The van der Waals surface area contributed by atoms with Gasteiger partial charge in [0.1, 0.15) is 0 Å². The van der Waals surface area contributed by atoms with E-state index in [4.69, 9.17) is 0 Å². The van der Waals surface area contributed by atoms with E-state index < -0.39 is 0 Å². The molecule has 0 aliphatic heterocycles. The van der Waals surface area contributed by atoms with Crippen LogP contribution in [0, 0.1) is 0 Å². The first-order valence-electron chi connectivity index (χ1n) is 3.96. The van der Waals surface area contributed by atoms with Gasteiger partial charge in [-0.1, -0.05) is 0 Å². The lowest BCUT2D eigenvalue weighted by Gasteiger charge is -2.00. The molecule has 0 saturated heterocycles. The minimum absolute atomic E-state index is 0.385.